The smallest absolute Gasteiger partial charge is 0.250 e. The summed E-state index contributed by atoms with van der Waals surface area (Å²) in [6, 6.07) is 16.7. The van der Waals surface area contributed by atoms with Crippen LogP contribution in [0.2, 0.25) is 5.02 Å². The summed E-state index contributed by atoms with van der Waals surface area (Å²) in [4.78, 5) is 11.7. The van der Waals surface area contributed by atoms with E-state index in [1.54, 1.807) is 18.2 Å². The summed E-state index contributed by atoms with van der Waals surface area (Å²) in [5.74, 6) is -0.302. The van der Waals surface area contributed by atoms with E-state index in [1.807, 2.05) is 42.5 Å². The number of halogens is 1. The van der Waals surface area contributed by atoms with Gasteiger partial charge in [0, 0.05) is 6.08 Å². The molecule has 0 bridgehead atoms. The third-order valence-corrected chi connectivity index (χ3v) is 3.12. The fourth-order valence-electron chi connectivity index (χ4n) is 1.61. The van der Waals surface area contributed by atoms with Crippen LogP contribution in [0.25, 0.3) is 6.08 Å². The molecule has 3 nitrogen and oxygen atoms in total. The Labute approximate surface area is 133 Å². The highest BCUT2D eigenvalue weighted by atomic mass is 35.5. The van der Waals surface area contributed by atoms with Gasteiger partial charge in [0.15, 0.2) is 5.11 Å². The molecule has 0 saturated heterocycles. The van der Waals surface area contributed by atoms with E-state index in [-0.39, 0.29) is 11.0 Å². The minimum Gasteiger partial charge on any atom is -0.331 e. The Balaban J connectivity index is 1.90. The molecule has 0 fully saturated rings. The molecule has 0 aromatic heterocycles. The molecule has 106 valence electrons. The Morgan fingerprint density at radius 3 is 2.43 bits per heavy atom. The van der Waals surface area contributed by atoms with Crippen molar-refractivity contribution in [3.8, 4) is 0 Å². The molecule has 0 atom stereocenters. The zero-order chi connectivity index (χ0) is 15.1. The van der Waals surface area contributed by atoms with Gasteiger partial charge in [0.25, 0.3) is 0 Å². The maximum Gasteiger partial charge on any atom is 0.250 e. The third-order valence-electron chi connectivity index (χ3n) is 2.59. The second-order valence-electron chi connectivity index (χ2n) is 4.17. The summed E-state index contributed by atoms with van der Waals surface area (Å²) < 4.78 is 0. The number of amides is 1. The number of hydrogen-bond donors (Lipinski definition) is 2. The Bertz CT molecular complexity index is 671. The van der Waals surface area contributed by atoms with Gasteiger partial charge in [-0.2, -0.15) is 0 Å². The number of carbonyl (C=O) groups is 1. The molecule has 21 heavy (non-hydrogen) atoms. The molecule has 0 aliphatic carbocycles. The molecule has 0 radical (unpaired) electrons. The summed E-state index contributed by atoms with van der Waals surface area (Å²) in [6.07, 6.45) is 3.14. The van der Waals surface area contributed by atoms with E-state index in [0.29, 0.717) is 10.7 Å². The van der Waals surface area contributed by atoms with E-state index < -0.39 is 0 Å². The molecule has 0 saturated carbocycles. The Morgan fingerprint density at radius 2 is 1.71 bits per heavy atom. The SMILES string of the molecule is O=C(/C=C/c1ccccc1)NC(=S)Nc1ccccc1Cl. The molecular formula is C16H13ClN2OS. The van der Waals surface area contributed by atoms with Gasteiger partial charge >= 0.3 is 0 Å². The molecule has 0 spiro atoms. The number of hydrogen-bond acceptors (Lipinski definition) is 2. The van der Waals surface area contributed by atoms with Crippen LogP contribution in [0.3, 0.4) is 0 Å². The first kappa shape index (κ1) is 15.2. The van der Waals surface area contributed by atoms with Crippen LogP contribution in [-0.2, 0) is 4.79 Å². The van der Waals surface area contributed by atoms with Gasteiger partial charge in [0.05, 0.1) is 10.7 Å². The molecule has 2 aromatic rings. The Morgan fingerprint density at radius 1 is 1.05 bits per heavy atom. The van der Waals surface area contributed by atoms with Crippen LogP contribution in [0.4, 0.5) is 5.69 Å². The topological polar surface area (TPSA) is 41.1 Å². The van der Waals surface area contributed by atoms with Crippen LogP contribution in [-0.4, -0.2) is 11.0 Å². The average molecular weight is 317 g/mol. The van der Waals surface area contributed by atoms with Crippen LogP contribution in [0.5, 0.6) is 0 Å². The average Bonchev–Trinajstić information content (AvgIpc) is 2.48. The van der Waals surface area contributed by atoms with Crippen molar-refractivity contribution >= 4 is 46.6 Å². The summed E-state index contributed by atoms with van der Waals surface area (Å²) in [6.45, 7) is 0. The Hall–Kier alpha value is -2.17. The van der Waals surface area contributed by atoms with E-state index in [1.165, 1.54) is 6.08 Å². The quantitative estimate of drug-likeness (QED) is 0.667. The standard InChI is InChI=1S/C16H13ClN2OS/c17-13-8-4-5-9-14(13)18-16(21)19-15(20)11-10-12-6-2-1-3-7-12/h1-11H,(H2,18,19,20,21)/b11-10+. The van der Waals surface area contributed by atoms with Gasteiger partial charge in [-0.1, -0.05) is 54.1 Å². The van der Waals surface area contributed by atoms with Crippen molar-refractivity contribution in [1.82, 2.24) is 5.32 Å². The van der Waals surface area contributed by atoms with Gasteiger partial charge in [-0.15, -0.1) is 0 Å². The highest BCUT2D eigenvalue weighted by Crippen LogP contribution is 2.20. The molecule has 0 aliphatic heterocycles. The zero-order valence-electron chi connectivity index (χ0n) is 11.0. The zero-order valence-corrected chi connectivity index (χ0v) is 12.6. The molecule has 0 unspecified atom stereocenters. The number of thiocarbonyl (C=S) groups is 1. The van der Waals surface area contributed by atoms with Gasteiger partial charge in [-0.05, 0) is 36.0 Å². The lowest BCUT2D eigenvalue weighted by Gasteiger charge is -2.09. The van der Waals surface area contributed by atoms with Crippen molar-refractivity contribution < 1.29 is 4.79 Å². The molecule has 0 aliphatic rings. The van der Waals surface area contributed by atoms with Gasteiger partial charge in [0.1, 0.15) is 0 Å². The first-order valence-electron chi connectivity index (χ1n) is 6.25. The predicted octanol–water partition coefficient (Wildman–Crippen LogP) is 3.87. The van der Waals surface area contributed by atoms with E-state index in [0.717, 1.165) is 5.56 Å². The summed E-state index contributed by atoms with van der Waals surface area (Å²) >= 11 is 11.1. The van der Waals surface area contributed by atoms with Gasteiger partial charge < -0.3 is 5.32 Å². The first-order valence-corrected chi connectivity index (χ1v) is 7.03. The maximum atomic E-state index is 11.7. The third kappa shape index (κ3) is 5.02. The second kappa shape index (κ2) is 7.57. The number of carbonyl (C=O) groups excluding carboxylic acids is 1. The van der Waals surface area contributed by atoms with Crippen LogP contribution in [0.15, 0.2) is 60.7 Å². The molecule has 5 heteroatoms. The van der Waals surface area contributed by atoms with Crippen molar-refractivity contribution in [2.24, 2.45) is 0 Å². The fraction of sp³-hybridized carbons (Fsp3) is 0. The minimum absolute atomic E-state index is 0.200. The maximum absolute atomic E-state index is 11.7. The molecule has 2 N–H and O–H groups in total. The van der Waals surface area contributed by atoms with E-state index >= 15 is 0 Å². The molecule has 0 heterocycles. The fourth-order valence-corrected chi connectivity index (χ4v) is 2.00. The predicted molar refractivity (Wildman–Crippen MR) is 91.3 cm³/mol. The van der Waals surface area contributed by atoms with Gasteiger partial charge in [0.2, 0.25) is 5.91 Å². The monoisotopic (exact) mass is 316 g/mol. The Kier molecular flexibility index (Phi) is 5.49. The summed E-state index contributed by atoms with van der Waals surface area (Å²) in [7, 11) is 0. The number of benzene rings is 2. The second-order valence-corrected chi connectivity index (χ2v) is 4.98. The van der Waals surface area contributed by atoms with Crippen LogP contribution >= 0.6 is 23.8 Å². The lowest BCUT2D eigenvalue weighted by Crippen LogP contribution is -2.32. The molecule has 2 aromatic carbocycles. The van der Waals surface area contributed by atoms with Crippen molar-refractivity contribution in [1.29, 1.82) is 0 Å². The van der Waals surface area contributed by atoms with Crippen LogP contribution < -0.4 is 10.6 Å². The highest BCUT2D eigenvalue weighted by Gasteiger charge is 2.03. The summed E-state index contributed by atoms with van der Waals surface area (Å²) in [5.41, 5.74) is 1.59. The normalized spacial score (nSPS) is 10.3. The van der Waals surface area contributed by atoms with E-state index in [2.05, 4.69) is 10.6 Å². The largest absolute Gasteiger partial charge is 0.331 e. The molecule has 2 rings (SSSR count). The molecular weight excluding hydrogens is 304 g/mol. The number of nitrogens with one attached hydrogen (secondary N) is 2. The first-order chi connectivity index (χ1) is 10.1. The van der Waals surface area contributed by atoms with Crippen LogP contribution in [0.1, 0.15) is 5.56 Å². The highest BCUT2D eigenvalue weighted by molar-refractivity contribution is 7.80. The number of rotatable bonds is 3. The minimum atomic E-state index is -0.302. The van der Waals surface area contributed by atoms with Crippen LogP contribution in [0, 0.1) is 0 Å². The van der Waals surface area contributed by atoms with E-state index in [4.69, 9.17) is 23.8 Å². The van der Waals surface area contributed by atoms with E-state index in [9.17, 15) is 4.79 Å². The van der Waals surface area contributed by atoms with Crippen molar-refractivity contribution in [2.75, 3.05) is 5.32 Å². The van der Waals surface area contributed by atoms with Gasteiger partial charge in [-0.25, -0.2) is 0 Å². The van der Waals surface area contributed by atoms with Crippen molar-refractivity contribution in [3.05, 3.63) is 71.3 Å². The van der Waals surface area contributed by atoms with Gasteiger partial charge in [-0.3, -0.25) is 10.1 Å². The lowest BCUT2D eigenvalue weighted by molar-refractivity contribution is -0.115. The van der Waals surface area contributed by atoms with Crippen molar-refractivity contribution in [3.63, 3.8) is 0 Å². The summed E-state index contributed by atoms with van der Waals surface area (Å²) in [5, 5.41) is 6.17. The lowest BCUT2D eigenvalue weighted by atomic mass is 10.2. The molecule has 1 amide bonds. The number of anilines is 1. The number of para-hydroxylation sites is 1. The van der Waals surface area contributed by atoms with Crippen molar-refractivity contribution in [2.45, 2.75) is 0 Å².